The van der Waals surface area contributed by atoms with Crippen LogP contribution in [-0.4, -0.2) is 52.6 Å². The molecule has 0 aliphatic rings. The van der Waals surface area contributed by atoms with Crippen LogP contribution in [0.4, 0.5) is 0 Å². The van der Waals surface area contributed by atoms with Crippen molar-refractivity contribution >= 4 is 31.2 Å². The predicted molar refractivity (Wildman–Crippen MR) is 31.4 cm³/mol. The standard InChI is InChI=1S/Na.3H2O4S.V/c;3*1-5(2,3)4;/h;3*(H2,1,2,3,4);/q+1;;;;+5/p-6. The molecule has 0 saturated heterocycles. The van der Waals surface area contributed by atoms with Crippen LogP contribution < -0.4 is 29.6 Å². The normalized spacial score (nSPS) is 10.2. The third-order valence-corrected chi connectivity index (χ3v) is 0. The Bertz CT molecular complexity index is 343. The van der Waals surface area contributed by atoms with Crippen LogP contribution in [0.2, 0.25) is 0 Å². The Hall–Kier alpha value is 1.19. The van der Waals surface area contributed by atoms with Gasteiger partial charge in [0, 0.05) is 31.2 Å². The molecule has 0 heterocycles. The molecule has 0 unspecified atom stereocenters. The third-order valence-electron chi connectivity index (χ3n) is 0. The van der Waals surface area contributed by atoms with Crippen LogP contribution in [0.3, 0.4) is 0 Å². The maximum Gasteiger partial charge on any atom is 5.00 e. The van der Waals surface area contributed by atoms with Gasteiger partial charge < -0.3 is 27.3 Å². The second kappa shape index (κ2) is 12.2. The molecule has 12 nitrogen and oxygen atoms in total. The first-order valence-electron chi connectivity index (χ1n) is 2.00. The summed E-state index contributed by atoms with van der Waals surface area (Å²) in [6, 6.07) is 0. The smallest absolute Gasteiger partial charge is 0.759 e. The first-order chi connectivity index (χ1) is 6.00. The van der Waals surface area contributed by atoms with Crippen LogP contribution in [0, 0.1) is 0 Å². The van der Waals surface area contributed by atoms with Gasteiger partial charge in [0.15, 0.2) is 0 Å². The van der Waals surface area contributed by atoms with Gasteiger partial charge in [-0.3, -0.25) is 25.3 Å². The summed E-state index contributed by atoms with van der Waals surface area (Å²) in [5.74, 6) is 0. The Balaban J connectivity index is -0.0000000400. The van der Waals surface area contributed by atoms with E-state index in [4.69, 9.17) is 52.6 Å². The molecule has 0 aromatic carbocycles. The van der Waals surface area contributed by atoms with Crippen LogP contribution in [0.25, 0.3) is 0 Å². The summed E-state index contributed by atoms with van der Waals surface area (Å²) in [5.41, 5.74) is 0. The second-order valence-electron chi connectivity index (χ2n) is 1.22. The zero-order valence-corrected chi connectivity index (χ0v) is 13.4. The molecule has 0 N–H and O–H groups in total. The van der Waals surface area contributed by atoms with Gasteiger partial charge in [0.05, 0.1) is 0 Å². The average Bonchev–Trinajstić information content (AvgIpc) is 1.41. The Morgan fingerprint density at radius 1 is 0.471 bits per heavy atom. The topological polar surface area (TPSA) is 241 Å². The molecule has 0 saturated carbocycles. The van der Waals surface area contributed by atoms with Crippen molar-refractivity contribution in [2.24, 2.45) is 0 Å². The van der Waals surface area contributed by atoms with Gasteiger partial charge in [-0.25, -0.2) is 0 Å². The molecule has 17 heavy (non-hydrogen) atoms. The number of rotatable bonds is 0. The molecule has 17 heteroatoms. The maximum atomic E-state index is 8.52. The summed E-state index contributed by atoms with van der Waals surface area (Å²) in [6.07, 6.45) is 0. The minimum atomic E-state index is -5.17. The van der Waals surface area contributed by atoms with Gasteiger partial charge >= 0.3 is 48.1 Å². The number of hydrogen-bond acceptors (Lipinski definition) is 12. The summed E-state index contributed by atoms with van der Waals surface area (Å²) >= 11 is 0. The quantitative estimate of drug-likeness (QED) is 0.222. The van der Waals surface area contributed by atoms with Crippen molar-refractivity contribution in [3.8, 4) is 0 Å². The molecule has 96 valence electrons. The minimum absolute atomic E-state index is 0. The molecule has 0 aliphatic carbocycles. The van der Waals surface area contributed by atoms with Gasteiger partial charge in [0.25, 0.3) is 0 Å². The van der Waals surface area contributed by atoms with Gasteiger partial charge in [0.1, 0.15) is 0 Å². The van der Waals surface area contributed by atoms with Crippen LogP contribution in [-0.2, 0) is 49.8 Å². The van der Waals surface area contributed by atoms with E-state index in [9.17, 15) is 0 Å². The van der Waals surface area contributed by atoms with Crippen molar-refractivity contribution < 1.29 is 101 Å². The van der Waals surface area contributed by atoms with E-state index in [0.717, 1.165) is 0 Å². The molecule has 0 radical (unpaired) electrons. The zero-order valence-electron chi connectivity index (χ0n) is 7.57. The molecule has 0 amide bonds. The fraction of sp³-hybridized carbons (Fsp3) is 0. The third kappa shape index (κ3) is 2780. The average molecular weight is 362 g/mol. The first-order valence-corrected chi connectivity index (χ1v) is 6.00. The summed E-state index contributed by atoms with van der Waals surface area (Å²) in [4.78, 5) is 0. The molecule has 0 rings (SSSR count). The summed E-state index contributed by atoms with van der Waals surface area (Å²) < 4.78 is 102. The molecule has 0 bridgehead atoms. The van der Waals surface area contributed by atoms with E-state index < -0.39 is 31.2 Å². The van der Waals surface area contributed by atoms with E-state index >= 15 is 0 Å². The van der Waals surface area contributed by atoms with Crippen LogP contribution in [0.1, 0.15) is 0 Å². The van der Waals surface area contributed by atoms with Crippen LogP contribution in [0.5, 0.6) is 0 Å². The van der Waals surface area contributed by atoms with Crippen LogP contribution >= 0.6 is 0 Å². The Morgan fingerprint density at radius 2 is 0.471 bits per heavy atom. The Morgan fingerprint density at radius 3 is 0.471 bits per heavy atom. The molecule has 0 spiro atoms. The first kappa shape index (κ1) is 30.9. The van der Waals surface area contributed by atoms with Gasteiger partial charge in [-0.2, -0.15) is 0 Å². The van der Waals surface area contributed by atoms with Gasteiger partial charge in [-0.05, 0) is 0 Å². The summed E-state index contributed by atoms with van der Waals surface area (Å²) in [5, 5.41) is 0. The molecule has 0 aromatic heterocycles. The molecule has 0 aromatic rings. The van der Waals surface area contributed by atoms with Crippen molar-refractivity contribution in [2.75, 3.05) is 0 Å². The summed E-state index contributed by atoms with van der Waals surface area (Å²) in [6.45, 7) is 0. The SMILES string of the molecule is O=S(=O)([O-])[O-].O=S(=O)([O-])[O-].O=S(=O)([O-])[O-].[Na+].[V+5]. The Labute approximate surface area is 131 Å². The zero-order chi connectivity index (χ0) is 13.5. The van der Waals surface area contributed by atoms with Gasteiger partial charge in [-0.1, -0.05) is 0 Å². The van der Waals surface area contributed by atoms with E-state index in [2.05, 4.69) is 0 Å². The van der Waals surface area contributed by atoms with Crippen molar-refractivity contribution in [3.05, 3.63) is 0 Å². The molecular weight excluding hydrogens is 362 g/mol. The van der Waals surface area contributed by atoms with E-state index in [1.165, 1.54) is 0 Å². The van der Waals surface area contributed by atoms with Gasteiger partial charge in [0.2, 0.25) is 0 Å². The van der Waals surface area contributed by atoms with Crippen molar-refractivity contribution in [3.63, 3.8) is 0 Å². The fourth-order valence-corrected chi connectivity index (χ4v) is 0. The van der Waals surface area contributed by atoms with Crippen molar-refractivity contribution in [2.45, 2.75) is 0 Å². The second-order valence-corrected chi connectivity index (χ2v) is 3.67. The predicted octanol–water partition coefficient (Wildman–Crippen LogP) is -7.01. The number of hydrogen-bond donors (Lipinski definition) is 0. The van der Waals surface area contributed by atoms with E-state index in [-0.39, 0.29) is 48.1 Å². The van der Waals surface area contributed by atoms with Gasteiger partial charge in [-0.15, -0.1) is 0 Å². The molecular formula is NaO12S3V. The maximum absolute atomic E-state index is 8.52. The minimum Gasteiger partial charge on any atom is -0.759 e. The van der Waals surface area contributed by atoms with Crippen molar-refractivity contribution in [1.82, 2.24) is 0 Å². The van der Waals surface area contributed by atoms with Crippen LogP contribution in [0.15, 0.2) is 0 Å². The molecule has 0 aliphatic heterocycles. The van der Waals surface area contributed by atoms with E-state index in [1.54, 1.807) is 0 Å². The fourth-order valence-electron chi connectivity index (χ4n) is 0. The summed E-state index contributed by atoms with van der Waals surface area (Å²) in [7, 11) is -15.5. The molecule has 0 fully saturated rings. The monoisotopic (exact) mass is 362 g/mol. The molecule has 0 atom stereocenters. The van der Waals surface area contributed by atoms with Crippen molar-refractivity contribution in [1.29, 1.82) is 0 Å². The van der Waals surface area contributed by atoms with E-state index in [0.29, 0.717) is 0 Å². The largest absolute Gasteiger partial charge is 5.00 e. The van der Waals surface area contributed by atoms with E-state index in [1.807, 2.05) is 0 Å². The Kier molecular flexibility index (Phi) is 22.2.